The minimum Gasteiger partial charge on any atom is -0.378 e. The van der Waals surface area contributed by atoms with Crippen LogP contribution in [0.5, 0.6) is 0 Å². The Hall–Kier alpha value is -3.52. The largest absolute Gasteiger partial charge is 0.378 e. The zero-order valence-corrected chi connectivity index (χ0v) is 15.9. The Bertz CT molecular complexity index is 1020. The molecule has 0 atom stereocenters. The molecule has 0 fully saturated rings. The number of carbonyl (C=O) groups excluding carboxylic acids is 1. The fourth-order valence-electron chi connectivity index (χ4n) is 2.89. The van der Waals surface area contributed by atoms with Crippen molar-refractivity contribution >= 4 is 17.3 Å². The molecule has 0 unspecified atom stereocenters. The molecule has 0 saturated carbocycles. The summed E-state index contributed by atoms with van der Waals surface area (Å²) in [6.07, 6.45) is 1.75. The molecular formula is C22H22N4O. The second-order valence-electron chi connectivity index (χ2n) is 6.72. The molecule has 136 valence electrons. The summed E-state index contributed by atoms with van der Waals surface area (Å²) in [6.45, 7) is 4.03. The fraction of sp³-hybridized carbons (Fsp3) is 0.182. The van der Waals surface area contributed by atoms with Crippen LogP contribution in [0.25, 0.3) is 5.69 Å². The number of benzene rings is 2. The maximum Gasteiger partial charge on any atom is 0.274 e. The summed E-state index contributed by atoms with van der Waals surface area (Å²) in [4.78, 5) is 14.9. The predicted molar refractivity (Wildman–Crippen MR) is 109 cm³/mol. The standard InChI is InChI=1S/C22H22N4O/c1-15-5-6-18(13-16(15)2)24-22(27)21-17(14-23)11-12-26(21)20-9-7-19(8-10-20)25(3)4/h5-13H,1-4H3,(H,24,27). The molecule has 0 saturated heterocycles. The van der Waals surface area contributed by atoms with E-state index >= 15 is 0 Å². The lowest BCUT2D eigenvalue weighted by Gasteiger charge is -2.15. The zero-order chi connectivity index (χ0) is 19.6. The van der Waals surface area contributed by atoms with Crippen molar-refractivity contribution in [2.75, 3.05) is 24.3 Å². The van der Waals surface area contributed by atoms with Gasteiger partial charge in [0.2, 0.25) is 0 Å². The molecule has 0 spiro atoms. The minimum atomic E-state index is -0.309. The zero-order valence-electron chi connectivity index (χ0n) is 15.9. The van der Waals surface area contributed by atoms with Crippen LogP contribution < -0.4 is 10.2 Å². The van der Waals surface area contributed by atoms with Crippen molar-refractivity contribution in [3.05, 3.63) is 77.1 Å². The SMILES string of the molecule is Cc1ccc(NC(=O)c2c(C#N)ccn2-c2ccc(N(C)C)cc2)cc1C. The van der Waals surface area contributed by atoms with Crippen molar-refractivity contribution in [1.82, 2.24) is 4.57 Å². The Labute approximate surface area is 159 Å². The number of nitrogens with zero attached hydrogens (tertiary/aromatic N) is 3. The second-order valence-corrected chi connectivity index (χ2v) is 6.72. The van der Waals surface area contributed by atoms with E-state index in [9.17, 15) is 10.1 Å². The smallest absolute Gasteiger partial charge is 0.274 e. The number of amides is 1. The maximum absolute atomic E-state index is 12.9. The highest BCUT2D eigenvalue weighted by Gasteiger charge is 2.18. The van der Waals surface area contributed by atoms with Gasteiger partial charge in [0, 0.05) is 37.4 Å². The van der Waals surface area contributed by atoms with Crippen molar-refractivity contribution in [1.29, 1.82) is 5.26 Å². The lowest BCUT2D eigenvalue weighted by molar-refractivity contribution is 0.102. The van der Waals surface area contributed by atoms with Gasteiger partial charge in [-0.1, -0.05) is 6.07 Å². The van der Waals surface area contributed by atoms with Crippen LogP contribution in [-0.4, -0.2) is 24.6 Å². The van der Waals surface area contributed by atoms with Crippen molar-refractivity contribution in [3.8, 4) is 11.8 Å². The van der Waals surface area contributed by atoms with Gasteiger partial charge in [0.15, 0.2) is 0 Å². The van der Waals surface area contributed by atoms with Gasteiger partial charge in [-0.25, -0.2) is 0 Å². The van der Waals surface area contributed by atoms with E-state index in [2.05, 4.69) is 11.4 Å². The molecule has 0 aliphatic heterocycles. The van der Waals surface area contributed by atoms with Gasteiger partial charge in [-0.2, -0.15) is 5.26 Å². The molecule has 2 aromatic carbocycles. The van der Waals surface area contributed by atoms with Crippen molar-refractivity contribution in [2.24, 2.45) is 0 Å². The van der Waals surface area contributed by atoms with Gasteiger partial charge in [0.1, 0.15) is 11.8 Å². The van der Waals surface area contributed by atoms with Crippen molar-refractivity contribution < 1.29 is 4.79 Å². The van der Waals surface area contributed by atoms with Crippen molar-refractivity contribution in [2.45, 2.75) is 13.8 Å². The number of aromatic nitrogens is 1. The van der Waals surface area contributed by atoms with E-state index in [1.165, 1.54) is 0 Å². The second kappa shape index (κ2) is 7.38. The first-order valence-electron chi connectivity index (χ1n) is 8.68. The normalized spacial score (nSPS) is 10.3. The topological polar surface area (TPSA) is 61.1 Å². The van der Waals surface area contributed by atoms with E-state index in [1.54, 1.807) is 16.8 Å². The first-order valence-corrected chi connectivity index (χ1v) is 8.68. The summed E-state index contributed by atoms with van der Waals surface area (Å²) >= 11 is 0. The van der Waals surface area contributed by atoms with Crippen LogP contribution in [0.1, 0.15) is 27.2 Å². The Kier molecular flexibility index (Phi) is 5.00. The first-order chi connectivity index (χ1) is 12.9. The van der Waals surface area contributed by atoms with Crippen molar-refractivity contribution in [3.63, 3.8) is 0 Å². The highest BCUT2D eigenvalue weighted by molar-refractivity contribution is 6.05. The molecule has 3 aromatic rings. The summed E-state index contributed by atoms with van der Waals surface area (Å²) in [5.41, 5.74) is 5.53. The molecule has 1 N–H and O–H groups in total. The quantitative estimate of drug-likeness (QED) is 0.757. The summed E-state index contributed by atoms with van der Waals surface area (Å²) in [6, 6.07) is 17.4. The minimum absolute atomic E-state index is 0.309. The number of nitriles is 1. The van der Waals surface area contributed by atoms with Crippen LogP contribution in [0.3, 0.4) is 0 Å². The van der Waals surface area contributed by atoms with Gasteiger partial charge in [0.05, 0.1) is 5.56 Å². The predicted octanol–water partition coefficient (Wildman–Crippen LogP) is 4.28. The third-order valence-electron chi connectivity index (χ3n) is 4.63. The highest BCUT2D eigenvalue weighted by atomic mass is 16.2. The average Bonchev–Trinajstić information content (AvgIpc) is 3.09. The number of hydrogen-bond acceptors (Lipinski definition) is 3. The van der Waals surface area contributed by atoms with E-state index in [0.717, 1.165) is 22.5 Å². The van der Waals surface area contributed by atoms with E-state index in [-0.39, 0.29) is 5.91 Å². The van der Waals surface area contributed by atoms with E-state index in [1.807, 2.05) is 75.3 Å². The lowest BCUT2D eigenvalue weighted by Crippen LogP contribution is -2.17. The molecule has 1 heterocycles. The van der Waals surface area contributed by atoms with Crippen LogP contribution in [0.2, 0.25) is 0 Å². The number of aryl methyl sites for hydroxylation is 2. The van der Waals surface area contributed by atoms with Crippen LogP contribution in [0.4, 0.5) is 11.4 Å². The lowest BCUT2D eigenvalue weighted by atomic mass is 10.1. The number of anilines is 2. The number of nitrogens with one attached hydrogen (secondary N) is 1. The molecule has 5 nitrogen and oxygen atoms in total. The molecule has 0 aliphatic rings. The molecule has 3 rings (SSSR count). The molecule has 1 amide bonds. The highest BCUT2D eigenvalue weighted by Crippen LogP contribution is 2.22. The Balaban J connectivity index is 1.97. The Morgan fingerprint density at radius 1 is 1.04 bits per heavy atom. The van der Waals surface area contributed by atoms with E-state index < -0.39 is 0 Å². The third-order valence-corrected chi connectivity index (χ3v) is 4.63. The van der Waals surface area contributed by atoms with Crippen LogP contribution in [0.15, 0.2) is 54.7 Å². The van der Waals surface area contributed by atoms with Crippen LogP contribution in [-0.2, 0) is 0 Å². The number of rotatable bonds is 4. The fourth-order valence-corrected chi connectivity index (χ4v) is 2.89. The first kappa shape index (κ1) is 18.3. The third kappa shape index (κ3) is 3.70. The van der Waals surface area contributed by atoms with Gasteiger partial charge in [0.25, 0.3) is 5.91 Å². The molecule has 0 aliphatic carbocycles. The molecular weight excluding hydrogens is 336 g/mol. The molecule has 0 radical (unpaired) electrons. The molecule has 5 heteroatoms. The van der Waals surface area contributed by atoms with Gasteiger partial charge in [-0.15, -0.1) is 0 Å². The maximum atomic E-state index is 12.9. The summed E-state index contributed by atoms with van der Waals surface area (Å²) in [5.74, 6) is -0.309. The monoisotopic (exact) mass is 358 g/mol. The molecule has 1 aromatic heterocycles. The van der Waals surface area contributed by atoms with Crippen LogP contribution >= 0.6 is 0 Å². The van der Waals surface area contributed by atoms with E-state index in [0.29, 0.717) is 16.9 Å². The summed E-state index contributed by atoms with van der Waals surface area (Å²) < 4.78 is 1.74. The Morgan fingerprint density at radius 3 is 2.33 bits per heavy atom. The average molecular weight is 358 g/mol. The van der Waals surface area contributed by atoms with E-state index in [4.69, 9.17) is 0 Å². The molecule has 0 bridgehead atoms. The van der Waals surface area contributed by atoms with Gasteiger partial charge >= 0.3 is 0 Å². The van der Waals surface area contributed by atoms with Gasteiger partial charge in [-0.05, 0) is 67.4 Å². The van der Waals surface area contributed by atoms with Crippen LogP contribution in [0, 0.1) is 25.2 Å². The Morgan fingerprint density at radius 2 is 1.74 bits per heavy atom. The number of carbonyl (C=O) groups is 1. The van der Waals surface area contributed by atoms with Gasteiger partial charge in [-0.3, -0.25) is 4.79 Å². The number of hydrogen-bond donors (Lipinski definition) is 1. The summed E-state index contributed by atoms with van der Waals surface area (Å²) in [5, 5.41) is 12.3. The summed E-state index contributed by atoms with van der Waals surface area (Å²) in [7, 11) is 3.95. The van der Waals surface area contributed by atoms with Gasteiger partial charge < -0.3 is 14.8 Å². The molecule has 27 heavy (non-hydrogen) atoms.